The van der Waals surface area contributed by atoms with E-state index in [1.54, 1.807) is 6.07 Å². The Morgan fingerprint density at radius 2 is 2.00 bits per heavy atom. The van der Waals surface area contributed by atoms with Crippen molar-refractivity contribution in [3.05, 3.63) is 23.9 Å². The van der Waals surface area contributed by atoms with Crippen molar-refractivity contribution in [1.82, 2.24) is 15.2 Å². The van der Waals surface area contributed by atoms with Gasteiger partial charge in [-0.1, -0.05) is 0 Å². The van der Waals surface area contributed by atoms with Crippen LogP contribution in [-0.4, -0.2) is 52.1 Å². The molecular weight excluding hydrogens is 393 g/mol. The fraction of sp³-hybridized carbons (Fsp3) is 0.556. The molecule has 3 aliphatic rings. The third-order valence-electron chi connectivity index (χ3n) is 5.83. The molecule has 1 atom stereocenters. The SMILES string of the molecule is NC(=O)c1cccnc1OC1CC2(C1)CC(N1C(=O)N[C@@H](CC(F)(F)F)C1=O)C2. The molecule has 1 aliphatic heterocycles. The molecule has 2 aliphatic carbocycles. The van der Waals surface area contributed by atoms with E-state index in [1.807, 2.05) is 0 Å². The van der Waals surface area contributed by atoms with E-state index in [0.29, 0.717) is 25.7 Å². The van der Waals surface area contributed by atoms with Crippen LogP contribution in [0.25, 0.3) is 0 Å². The molecule has 11 heteroatoms. The quantitative estimate of drug-likeness (QED) is 0.715. The van der Waals surface area contributed by atoms with Gasteiger partial charge in [0.1, 0.15) is 17.7 Å². The average molecular weight is 412 g/mol. The number of nitrogens with zero attached hydrogens (tertiary/aromatic N) is 2. The van der Waals surface area contributed by atoms with E-state index in [1.165, 1.54) is 12.3 Å². The highest BCUT2D eigenvalue weighted by Crippen LogP contribution is 2.58. The number of carbonyl (C=O) groups excluding carboxylic acids is 3. The molecule has 1 saturated heterocycles. The number of pyridine rings is 1. The van der Waals surface area contributed by atoms with Gasteiger partial charge in [0, 0.05) is 12.2 Å². The van der Waals surface area contributed by atoms with Gasteiger partial charge in [-0.05, 0) is 43.2 Å². The van der Waals surface area contributed by atoms with Crippen molar-refractivity contribution in [2.45, 2.75) is 56.5 Å². The third kappa shape index (κ3) is 3.60. The van der Waals surface area contributed by atoms with Crippen molar-refractivity contribution in [3.8, 4) is 5.88 Å². The van der Waals surface area contributed by atoms with Crippen LogP contribution in [0.5, 0.6) is 5.88 Å². The van der Waals surface area contributed by atoms with Crippen molar-refractivity contribution in [2.24, 2.45) is 11.1 Å². The Hall–Kier alpha value is -2.85. The monoisotopic (exact) mass is 412 g/mol. The number of urea groups is 1. The molecule has 2 heterocycles. The van der Waals surface area contributed by atoms with E-state index in [0.717, 1.165) is 4.90 Å². The van der Waals surface area contributed by atoms with Crippen molar-refractivity contribution < 1.29 is 32.3 Å². The number of hydrogen-bond acceptors (Lipinski definition) is 5. The first-order chi connectivity index (χ1) is 13.6. The van der Waals surface area contributed by atoms with Crippen molar-refractivity contribution in [1.29, 1.82) is 0 Å². The van der Waals surface area contributed by atoms with Crippen LogP contribution in [0, 0.1) is 5.41 Å². The zero-order chi connectivity index (χ0) is 21.0. The summed E-state index contributed by atoms with van der Waals surface area (Å²) in [4.78, 5) is 40.6. The molecule has 8 nitrogen and oxygen atoms in total. The summed E-state index contributed by atoms with van der Waals surface area (Å²) in [6, 6.07) is 0.380. The number of primary amides is 1. The van der Waals surface area contributed by atoms with Crippen LogP contribution in [0.1, 0.15) is 42.5 Å². The first kappa shape index (κ1) is 19.5. The maximum absolute atomic E-state index is 12.5. The summed E-state index contributed by atoms with van der Waals surface area (Å²) in [6.45, 7) is 0. The molecule has 4 amide bonds. The lowest BCUT2D eigenvalue weighted by molar-refractivity contribution is -0.154. The van der Waals surface area contributed by atoms with Gasteiger partial charge in [0.2, 0.25) is 5.88 Å². The van der Waals surface area contributed by atoms with E-state index in [-0.39, 0.29) is 23.0 Å². The zero-order valence-corrected chi connectivity index (χ0v) is 15.2. The average Bonchev–Trinajstić information content (AvgIpc) is 2.81. The largest absolute Gasteiger partial charge is 0.474 e. The molecule has 3 fully saturated rings. The lowest BCUT2D eigenvalue weighted by Gasteiger charge is -2.58. The van der Waals surface area contributed by atoms with Gasteiger partial charge in [0.15, 0.2) is 0 Å². The molecule has 156 valence electrons. The normalized spacial score (nSPS) is 31.3. The van der Waals surface area contributed by atoms with Crippen LogP contribution >= 0.6 is 0 Å². The zero-order valence-electron chi connectivity index (χ0n) is 15.2. The predicted octanol–water partition coefficient (Wildman–Crippen LogP) is 1.74. The number of nitrogens with two attached hydrogens (primary N) is 1. The second kappa shape index (κ2) is 6.60. The fourth-order valence-electron chi connectivity index (χ4n) is 4.54. The van der Waals surface area contributed by atoms with Crippen LogP contribution in [-0.2, 0) is 4.79 Å². The van der Waals surface area contributed by atoms with E-state index in [2.05, 4.69) is 10.3 Å². The lowest BCUT2D eigenvalue weighted by Crippen LogP contribution is -2.60. The highest BCUT2D eigenvalue weighted by Gasteiger charge is 2.59. The maximum atomic E-state index is 12.5. The van der Waals surface area contributed by atoms with Crippen molar-refractivity contribution in [3.63, 3.8) is 0 Å². The standard InChI is InChI=1S/C18H19F3N4O4/c19-18(20,21)8-12-15(27)25(16(28)24-12)9-4-17(5-9)6-10(7-17)29-14-11(13(22)26)2-1-3-23-14/h1-3,9-10,12H,4-8H2,(H2,22,26)(H,24,28)/t9?,10?,12-,17?/m0/s1. The number of aromatic nitrogens is 1. The van der Waals surface area contributed by atoms with Gasteiger partial charge in [0.25, 0.3) is 11.8 Å². The number of amides is 4. The molecule has 1 aromatic rings. The summed E-state index contributed by atoms with van der Waals surface area (Å²) in [6.07, 6.45) is -2.24. The van der Waals surface area contributed by atoms with E-state index < -0.39 is 42.5 Å². The Bertz CT molecular complexity index is 861. The summed E-state index contributed by atoms with van der Waals surface area (Å²) in [7, 11) is 0. The third-order valence-corrected chi connectivity index (χ3v) is 5.83. The molecule has 29 heavy (non-hydrogen) atoms. The van der Waals surface area contributed by atoms with Crippen LogP contribution in [0.2, 0.25) is 0 Å². The Labute approximate surface area is 163 Å². The number of carbonyl (C=O) groups is 3. The molecule has 0 bridgehead atoms. The van der Waals surface area contributed by atoms with Gasteiger partial charge in [-0.25, -0.2) is 9.78 Å². The highest BCUT2D eigenvalue weighted by molar-refractivity contribution is 6.04. The molecule has 0 radical (unpaired) electrons. The minimum atomic E-state index is -4.53. The van der Waals surface area contributed by atoms with Gasteiger partial charge < -0.3 is 15.8 Å². The number of halogens is 3. The van der Waals surface area contributed by atoms with Crippen LogP contribution in [0.4, 0.5) is 18.0 Å². The Balaban J connectivity index is 1.31. The molecule has 3 N–H and O–H groups in total. The van der Waals surface area contributed by atoms with Crippen LogP contribution in [0.3, 0.4) is 0 Å². The van der Waals surface area contributed by atoms with Crippen molar-refractivity contribution in [2.75, 3.05) is 0 Å². The number of ether oxygens (including phenoxy) is 1. The van der Waals surface area contributed by atoms with Gasteiger partial charge in [-0.15, -0.1) is 0 Å². The molecule has 0 aromatic carbocycles. The minimum Gasteiger partial charge on any atom is -0.474 e. The van der Waals surface area contributed by atoms with Crippen molar-refractivity contribution >= 4 is 17.8 Å². The first-order valence-corrected chi connectivity index (χ1v) is 9.19. The number of nitrogens with one attached hydrogen (secondary N) is 1. The number of hydrogen-bond donors (Lipinski definition) is 2. The number of imide groups is 1. The van der Waals surface area contributed by atoms with Crippen LogP contribution < -0.4 is 15.8 Å². The van der Waals surface area contributed by atoms with Gasteiger partial charge >= 0.3 is 12.2 Å². The summed E-state index contributed by atoms with van der Waals surface area (Å²) in [5, 5.41) is 2.12. The molecule has 0 unspecified atom stereocenters. The second-order valence-electron chi connectivity index (χ2n) is 7.96. The summed E-state index contributed by atoms with van der Waals surface area (Å²) < 4.78 is 43.4. The highest BCUT2D eigenvalue weighted by atomic mass is 19.4. The molecule has 2 saturated carbocycles. The minimum absolute atomic E-state index is 0.111. The fourth-order valence-corrected chi connectivity index (χ4v) is 4.54. The summed E-state index contributed by atoms with van der Waals surface area (Å²) in [5.41, 5.74) is 5.38. The van der Waals surface area contributed by atoms with Crippen LogP contribution in [0.15, 0.2) is 18.3 Å². The molecule has 4 rings (SSSR count). The van der Waals surface area contributed by atoms with Gasteiger partial charge in [-0.3, -0.25) is 14.5 Å². The predicted molar refractivity (Wildman–Crippen MR) is 91.7 cm³/mol. The maximum Gasteiger partial charge on any atom is 0.391 e. The molecule has 1 spiro atoms. The first-order valence-electron chi connectivity index (χ1n) is 9.19. The lowest BCUT2D eigenvalue weighted by atomic mass is 9.52. The Morgan fingerprint density at radius 3 is 2.62 bits per heavy atom. The number of alkyl halides is 3. The summed E-state index contributed by atoms with van der Waals surface area (Å²) >= 11 is 0. The summed E-state index contributed by atoms with van der Waals surface area (Å²) in [5.74, 6) is -1.29. The van der Waals surface area contributed by atoms with E-state index in [4.69, 9.17) is 10.5 Å². The molecular formula is C18H19F3N4O4. The Kier molecular flexibility index (Phi) is 4.43. The second-order valence-corrected chi connectivity index (χ2v) is 7.96. The van der Waals surface area contributed by atoms with E-state index >= 15 is 0 Å². The number of rotatable bonds is 5. The van der Waals surface area contributed by atoms with Gasteiger partial charge in [0.05, 0.1) is 6.42 Å². The molecule has 1 aromatic heterocycles. The Morgan fingerprint density at radius 1 is 1.31 bits per heavy atom. The topological polar surface area (TPSA) is 115 Å². The van der Waals surface area contributed by atoms with Gasteiger partial charge in [-0.2, -0.15) is 13.2 Å². The smallest absolute Gasteiger partial charge is 0.391 e. The van der Waals surface area contributed by atoms with E-state index in [9.17, 15) is 27.6 Å².